The van der Waals surface area contributed by atoms with Gasteiger partial charge in [0.1, 0.15) is 0 Å². The number of rotatable bonds is 3. The Morgan fingerprint density at radius 3 is 2.44 bits per heavy atom. The molecule has 0 aliphatic heterocycles. The van der Waals surface area contributed by atoms with Crippen LogP contribution in [0.2, 0.25) is 5.02 Å². The summed E-state index contributed by atoms with van der Waals surface area (Å²) in [6, 6.07) is 0. The van der Waals surface area contributed by atoms with Crippen molar-refractivity contribution in [2.24, 2.45) is 0 Å². The molecule has 0 saturated carbocycles. The van der Waals surface area contributed by atoms with E-state index >= 15 is 0 Å². The van der Waals surface area contributed by atoms with Crippen LogP contribution in [0.3, 0.4) is 0 Å². The van der Waals surface area contributed by atoms with E-state index in [1.54, 1.807) is 0 Å². The molecule has 0 aromatic carbocycles. The predicted molar refractivity (Wildman–Crippen MR) is 50.3 cm³/mol. The van der Waals surface area contributed by atoms with E-state index in [1.165, 1.54) is 0 Å². The number of halogens is 4. The minimum absolute atomic E-state index is 0.139. The van der Waals surface area contributed by atoms with Gasteiger partial charge in [-0.2, -0.15) is 18.3 Å². The molecule has 2 N–H and O–H groups in total. The molecule has 0 unspecified atom stereocenters. The maximum atomic E-state index is 12.2. The van der Waals surface area contributed by atoms with Crippen LogP contribution in [0.1, 0.15) is 11.4 Å². The molecule has 1 rings (SSSR count). The average molecular weight is 278 g/mol. The van der Waals surface area contributed by atoms with Crippen molar-refractivity contribution in [1.82, 2.24) is 14.9 Å². The highest BCUT2D eigenvalue weighted by Gasteiger charge is 2.37. The molecule has 0 spiro atoms. The molecule has 1 heterocycles. The van der Waals surface area contributed by atoms with Crippen LogP contribution in [0, 0.1) is 0 Å². The molecule has 0 aliphatic rings. The minimum Gasteiger partial charge on any atom is -0.279 e. The molecule has 0 aliphatic carbocycles. The normalized spacial score (nSPS) is 13.1. The van der Waals surface area contributed by atoms with Gasteiger partial charge in [0.15, 0.2) is 5.69 Å². The molecule has 0 atom stereocenters. The molecule has 92 valence electrons. The van der Waals surface area contributed by atoms with Crippen LogP contribution in [0.5, 0.6) is 0 Å². The van der Waals surface area contributed by atoms with Gasteiger partial charge < -0.3 is 0 Å². The molecule has 5 nitrogen and oxygen atoms in total. The standard InChI is InChI=1S/C6H7ClF3N3O2S/c1-16(14,15)11-2-3-4(7)5(13-12-3)6(8,9)10/h11H,2H2,1H3,(H,12,13). The Kier molecular flexibility index (Phi) is 3.50. The first-order valence-electron chi connectivity index (χ1n) is 3.86. The SMILES string of the molecule is CS(=O)(=O)NCc1[nH]nc(C(F)(F)F)c1Cl. The van der Waals surface area contributed by atoms with E-state index in [9.17, 15) is 21.6 Å². The number of hydrogen-bond acceptors (Lipinski definition) is 3. The maximum Gasteiger partial charge on any atom is 0.436 e. The fourth-order valence-electron chi connectivity index (χ4n) is 0.873. The monoisotopic (exact) mass is 277 g/mol. The first-order chi connectivity index (χ1) is 7.11. The third-order valence-electron chi connectivity index (χ3n) is 1.56. The van der Waals surface area contributed by atoms with E-state index in [0.29, 0.717) is 0 Å². The van der Waals surface area contributed by atoms with E-state index in [0.717, 1.165) is 6.26 Å². The van der Waals surface area contributed by atoms with Crippen molar-refractivity contribution in [1.29, 1.82) is 0 Å². The number of aromatic amines is 1. The van der Waals surface area contributed by atoms with Crippen molar-refractivity contribution in [3.63, 3.8) is 0 Å². The number of H-pyrrole nitrogens is 1. The van der Waals surface area contributed by atoms with Gasteiger partial charge in [-0.25, -0.2) is 13.1 Å². The molecule has 16 heavy (non-hydrogen) atoms. The Hall–Kier alpha value is -0.800. The molecule has 1 aromatic heterocycles. The Morgan fingerprint density at radius 2 is 2.06 bits per heavy atom. The van der Waals surface area contributed by atoms with Gasteiger partial charge in [0.2, 0.25) is 10.0 Å². The summed E-state index contributed by atoms with van der Waals surface area (Å²) in [6.45, 7) is -0.374. The number of nitrogens with zero attached hydrogens (tertiary/aromatic N) is 1. The van der Waals surface area contributed by atoms with Gasteiger partial charge in [-0.1, -0.05) is 11.6 Å². The van der Waals surface area contributed by atoms with Crippen LogP contribution >= 0.6 is 11.6 Å². The number of alkyl halides is 3. The lowest BCUT2D eigenvalue weighted by molar-refractivity contribution is -0.141. The zero-order valence-corrected chi connectivity index (χ0v) is 9.46. The molecule has 0 bridgehead atoms. The minimum atomic E-state index is -4.67. The lowest BCUT2D eigenvalue weighted by atomic mass is 10.3. The second-order valence-electron chi connectivity index (χ2n) is 2.96. The zero-order chi connectivity index (χ0) is 12.6. The zero-order valence-electron chi connectivity index (χ0n) is 7.89. The fraction of sp³-hybridized carbons (Fsp3) is 0.500. The summed E-state index contributed by atoms with van der Waals surface area (Å²) in [5, 5.41) is 4.36. The van der Waals surface area contributed by atoms with Crippen LogP contribution < -0.4 is 4.72 Å². The average Bonchev–Trinajstić information content (AvgIpc) is 2.41. The third kappa shape index (κ3) is 3.35. The van der Waals surface area contributed by atoms with Crippen LogP contribution in [0.4, 0.5) is 13.2 Å². The summed E-state index contributed by atoms with van der Waals surface area (Å²) in [5.41, 5.74) is -1.40. The van der Waals surface area contributed by atoms with Gasteiger partial charge in [0.25, 0.3) is 0 Å². The van der Waals surface area contributed by atoms with Crippen molar-refractivity contribution in [3.05, 3.63) is 16.4 Å². The van der Waals surface area contributed by atoms with Crippen molar-refractivity contribution >= 4 is 21.6 Å². The number of sulfonamides is 1. The summed E-state index contributed by atoms with van der Waals surface area (Å²) in [6.07, 6.45) is -3.79. The third-order valence-corrected chi connectivity index (χ3v) is 2.63. The van der Waals surface area contributed by atoms with Gasteiger partial charge in [-0.3, -0.25) is 5.10 Å². The highest BCUT2D eigenvalue weighted by molar-refractivity contribution is 7.88. The second-order valence-corrected chi connectivity index (χ2v) is 5.17. The molecule has 0 saturated heterocycles. The Balaban J connectivity index is 2.89. The van der Waals surface area contributed by atoms with Gasteiger partial charge in [0.05, 0.1) is 23.5 Å². The summed E-state index contributed by atoms with van der Waals surface area (Å²) >= 11 is 5.39. The topological polar surface area (TPSA) is 74.8 Å². The van der Waals surface area contributed by atoms with Gasteiger partial charge in [-0.05, 0) is 0 Å². The Morgan fingerprint density at radius 1 is 1.50 bits per heavy atom. The van der Waals surface area contributed by atoms with E-state index < -0.39 is 26.9 Å². The lowest BCUT2D eigenvalue weighted by Crippen LogP contribution is -2.21. The molecule has 0 amide bonds. The number of aromatic nitrogens is 2. The first-order valence-corrected chi connectivity index (χ1v) is 6.13. The highest BCUT2D eigenvalue weighted by atomic mass is 35.5. The van der Waals surface area contributed by atoms with E-state index in [-0.39, 0.29) is 12.2 Å². The number of nitrogens with one attached hydrogen (secondary N) is 2. The van der Waals surface area contributed by atoms with Crippen molar-refractivity contribution in [2.45, 2.75) is 12.7 Å². The molecule has 0 radical (unpaired) electrons. The highest BCUT2D eigenvalue weighted by Crippen LogP contribution is 2.34. The van der Waals surface area contributed by atoms with Crippen LogP contribution in [-0.2, 0) is 22.7 Å². The van der Waals surface area contributed by atoms with Gasteiger partial charge in [-0.15, -0.1) is 0 Å². The largest absolute Gasteiger partial charge is 0.436 e. The fourth-order valence-corrected chi connectivity index (χ4v) is 1.54. The predicted octanol–water partition coefficient (Wildman–Crippen LogP) is 1.13. The van der Waals surface area contributed by atoms with E-state index in [2.05, 4.69) is 5.10 Å². The van der Waals surface area contributed by atoms with Crippen LogP contribution in [0.15, 0.2) is 0 Å². The van der Waals surface area contributed by atoms with Crippen molar-refractivity contribution in [2.75, 3.05) is 6.26 Å². The first kappa shape index (κ1) is 13.3. The van der Waals surface area contributed by atoms with Crippen molar-refractivity contribution < 1.29 is 21.6 Å². The quantitative estimate of drug-likeness (QED) is 0.870. The smallest absolute Gasteiger partial charge is 0.279 e. The Bertz CT molecular complexity index is 482. The maximum absolute atomic E-state index is 12.2. The molecule has 0 fully saturated rings. The summed E-state index contributed by atoms with van der Waals surface area (Å²) < 4.78 is 60.1. The van der Waals surface area contributed by atoms with E-state index in [4.69, 9.17) is 11.6 Å². The molecule has 10 heteroatoms. The number of hydrogen-bond donors (Lipinski definition) is 2. The Labute approximate surface area is 94.0 Å². The molecular weight excluding hydrogens is 271 g/mol. The lowest BCUT2D eigenvalue weighted by Gasteiger charge is -2.02. The second kappa shape index (κ2) is 4.22. The summed E-state index contributed by atoms with van der Waals surface area (Å²) in [4.78, 5) is 0. The summed E-state index contributed by atoms with van der Waals surface area (Å²) in [5.74, 6) is 0. The van der Waals surface area contributed by atoms with Crippen LogP contribution in [-0.4, -0.2) is 24.9 Å². The van der Waals surface area contributed by atoms with E-state index in [1.807, 2.05) is 9.82 Å². The van der Waals surface area contributed by atoms with Gasteiger partial charge >= 0.3 is 6.18 Å². The van der Waals surface area contributed by atoms with Crippen molar-refractivity contribution in [3.8, 4) is 0 Å². The summed E-state index contributed by atoms with van der Waals surface area (Å²) in [7, 11) is -3.50. The van der Waals surface area contributed by atoms with Gasteiger partial charge in [0, 0.05) is 0 Å². The molecular formula is C6H7ClF3N3O2S. The van der Waals surface area contributed by atoms with Crippen LogP contribution in [0.25, 0.3) is 0 Å². The molecule has 1 aromatic rings.